The minimum absolute atomic E-state index is 0.0768. The predicted octanol–water partition coefficient (Wildman–Crippen LogP) is 3.62. The standard InChI is InChI=1S/C20H28F4O7S/c1-16(2,3)14(25)31-18-9-12-6-13(10-18)8-17(7-12,11-18)15(26)30-5-4-19(21,22)20(23,24)32(27,28)29/h12-13H,4-11H2,1-3H3,(H,27,28,29)/p-1. The van der Waals surface area contributed by atoms with Gasteiger partial charge in [-0.25, -0.2) is 8.42 Å². The second kappa shape index (κ2) is 7.54. The van der Waals surface area contributed by atoms with Crippen molar-refractivity contribution in [3.8, 4) is 0 Å². The van der Waals surface area contributed by atoms with Crippen LogP contribution in [0.15, 0.2) is 0 Å². The van der Waals surface area contributed by atoms with Crippen molar-refractivity contribution in [1.29, 1.82) is 0 Å². The molecule has 4 aliphatic rings. The van der Waals surface area contributed by atoms with Crippen molar-refractivity contribution in [1.82, 2.24) is 0 Å². The molecule has 0 radical (unpaired) electrons. The summed E-state index contributed by atoms with van der Waals surface area (Å²) in [5.74, 6) is -6.31. The van der Waals surface area contributed by atoms with Crippen LogP contribution in [0.5, 0.6) is 0 Å². The zero-order chi connectivity index (χ0) is 24.4. The van der Waals surface area contributed by atoms with Crippen molar-refractivity contribution >= 4 is 22.1 Å². The average Bonchev–Trinajstić information content (AvgIpc) is 2.57. The highest BCUT2D eigenvalue weighted by atomic mass is 32.2. The zero-order valence-electron chi connectivity index (χ0n) is 18.1. The van der Waals surface area contributed by atoms with Crippen molar-refractivity contribution in [2.45, 2.75) is 82.5 Å². The van der Waals surface area contributed by atoms with Crippen LogP contribution in [-0.4, -0.2) is 48.3 Å². The first kappa shape index (κ1) is 25.2. The Morgan fingerprint density at radius 1 is 1.03 bits per heavy atom. The van der Waals surface area contributed by atoms with Gasteiger partial charge in [0, 0.05) is 6.42 Å². The summed E-state index contributed by atoms with van der Waals surface area (Å²) in [6.07, 6.45) is 1.19. The molecule has 12 heteroatoms. The first-order valence-electron chi connectivity index (χ1n) is 10.4. The Hall–Kier alpha value is -1.43. The van der Waals surface area contributed by atoms with E-state index in [1.54, 1.807) is 20.8 Å². The van der Waals surface area contributed by atoms with Crippen molar-refractivity contribution in [3.05, 3.63) is 0 Å². The highest BCUT2D eigenvalue weighted by Gasteiger charge is 2.64. The highest BCUT2D eigenvalue weighted by molar-refractivity contribution is 7.86. The highest BCUT2D eigenvalue weighted by Crippen LogP contribution is 2.63. The molecule has 4 saturated carbocycles. The Morgan fingerprint density at radius 2 is 1.56 bits per heavy atom. The molecular formula is C20H27F4O7S-. The largest absolute Gasteiger partial charge is 0.743 e. The van der Waals surface area contributed by atoms with E-state index in [4.69, 9.17) is 9.47 Å². The van der Waals surface area contributed by atoms with Crippen LogP contribution in [0.1, 0.15) is 65.7 Å². The summed E-state index contributed by atoms with van der Waals surface area (Å²) in [7, 11) is -6.60. The van der Waals surface area contributed by atoms with E-state index >= 15 is 0 Å². The van der Waals surface area contributed by atoms with Crippen molar-refractivity contribution in [3.63, 3.8) is 0 Å². The first-order valence-corrected chi connectivity index (χ1v) is 11.9. The fourth-order valence-corrected chi connectivity index (χ4v) is 6.11. The summed E-state index contributed by atoms with van der Waals surface area (Å²) in [4.78, 5) is 25.4. The number of carbonyl (C=O) groups excluding carboxylic acids is 2. The van der Waals surface area contributed by atoms with Crippen LogP contribution in [0.3, 0.4) is 0 Å². The fraction of sp³-hybridized carbons (Fsp3) is 0.900. The Balaban J connectivity index is 1.70. The van der Waals surface area contributed by atoms with Gasteiger partial charge in [0.05, 0.1) is 23.9 Å². The molecule has 184 valence electrons. The summed E-state index contributed by atoms with van der Waals surface area (Å²) >= 11 is 0. The number of carbonyl (C=O) groups is 2. The molecule has 32 heavy (non-hydrogen) atoms. The third kappa shape index (κ3) is 4.36. The minimum atomic E-state index is -6.60. The van der Waals surface area contributed by atoms with Gasteiger partial charge in [0.25, 0.3) is 0 Å². The number of esters is 2. The Labute approximate surface area is 183 Å². The molecule has 4 rings (SSSR count). The lowest BCUT2D eigenvalue weighted by atomic mass is 9.48. The number of halogens is 4. The third-order valence-electron chi connectivity index (χ3n) is 6.75. The molecule has 0 amide bonds. The second-order valence-corrected chi connectivity index (χ2v) is 12.0. The Morgan fingerprint density at radius 3 is 2.03 bits per heavy atom. The summed E-state index contributed by atoms with van der Waals surface area (Å²) in [6, 6.07) is 0. The predicted molar refractivity (Wildman–Crippen MR) is 101 cm³/mol. The summed E-state index contributed by atoms with van der Waals surface area (Å²) < 4.78 is 96.1. The number of hydrogen-bond acceptors (Lipinski definition) is 7. The molecule has 0 aromatic heterocycles. The van der Waals surface area contributed by atoms with Gasteiger partial charge in [-0.15, -0.1) is 0 Å². The van der Waals surface area contributed by atoms with E-state index in [0.29, 0.717) is 25.7 Å². The van der Waals surface area contributed by atoms with Gasteiger partial charge in [-0.2, -0.15) is 17.6 Å². The Bertz CT molecular complexity index is 880. The maximum Gasteiger partial charge on any atom is 0.396 e. The van der Waals surface area contributed by atoms with Gasteiger partial charge >= 0.3 is 23.1 Å². The number of alkyl halides is 4. The lowest BCUT2D eigenvalue weighted by Crippen LogP contribution is -2.60. The quantitative estimate of drug-likeness (QED) is 0.306. The van der Waals surface area contributed by atoms with Crippen molar-refractivity contribution in [2.24, 2.45) is 22.7 Å². The molecule has 0 aromatic carbocycles. The monoisotopic (exact) mass is 487 g/mol. The molecule has 0 aromatic rings. The molecule has 4 aliphatic carbocycles. The lowest BCUT2D eigenvalue weighted by Gasteiger charge is -2.60. The molecule has 7 nitrogen and oxygen atoms in total. The summed E-state index contributed by atoms with van der Waals surface area (Å²) in [6.45, 7) is 3.94. The van der Waals surface area contributed by atoms with Gasteiger partial charge in [0.2, 0.25) is 0 Å². The molecule has 2 atom stereocenters. The molecule has 0 N–H and O–H groups in total. The van der Waals surface area contributed by atoms with Crippen LogP contribution >= 0.6 is 0 Å². The smallest absolute Gasteiger partial charge is 0.396 e. The SMILES string of the molecule is CC(C)(C)C(=O)OC12CC3CC(C1)CC(C(=O)OCCC(F)(F)C(F)(F)S(=O)(=O)[O-])(C3)C2. The van der Waals surface area contributed by atoms with Crippen LogP contribution in [0.2, 0.25) is 0 Å². The van der Waals surface area contributed by atoms with Crippen LogP contribution < -0.4 is 0 Å². The van der Waals surface area contributed by atoms with Gasteiger partial charge in [-0.3, -0.25) is 9.59 Å². The topological polar surface area (TPSA) is 110 Å². The maximum absolute atomic E-state index is 13.6. The lowest BCUT2D eigenvalue weighted by molar-refractivity contribution is -0.219. The molecule has 4 fully saturated rings. The molecular weight excluding hydrogens is 460 g/mol. The molecule has 2 unspecified atom stereocenters. The van der Waals surface area contributed by atoms with E-state index in [2.05, 4.69) is 0 Å². The van der Waals surface area contributed by atoms with E-state index < -0.39 is 62.7 Å². The van der Waals surface area contributed by atoms with Gasteiger partial charge in [-0.05, 0) is 64.7 Å². The zero-order valence-corrected chi connectivity index (χ0v) is 18.9. The van der Waals surface area contributed by atoms with E-state index in [9.17, 15) is 40.1 Å². The normalized spacial score (nSPS) is 32.6. The molecule has 4 bridgehead atoms. The van der Waals surface area contributed by atoms with Gasteiger partial charge in [0.15, 0.2) is 10.1 Å². The van der Waals surface area contributed by atoms with Crippen LogP contribution in [-0.2, 0) is 29.2 Å². The molecule has 0 heterocycles. The molecule has 0 aliphatic heterocycles. The van der Waals surface area contributed by atoms with Crippen molar-refractivity contribution < 1.29 is 49.6 Å². The van der Waals surface area contributed by atoms with Gasteiger partial charge < -0.3 is 14.0 Å². The van der Waals surface area contributed by atoms with Crippen molar-refractivity contribution in [2.75, 3.05) is 6.61 Å². The molecule has 0 saturated heterocycles. The van der Waals surface area contributed by atoms with Gasteiger partial charge in [0.1, 0.15) is 5.60 Å². The first-order chi connectivity index (χ1) is 14.3. The maximum atomic E-state index is 13.6. The second-order valence-electron chi connectivity index (χ2n) is 10.6. The van der Waals surface area contributed by atoms with E-state index in [-0.39, 0.29) is 18.3 Å². The third-order valence-corrected chi connectivity index (χ3v) is 7.68. The van der Waals surface area contributed by atoms with Crippen LogP contribution in [0.25, 0.3) is 0 Å². The van der Waals surface area contributed by atoms with E-state index in [0.717, 1.165) is 6.42 Å². The van der Waals surface area contributed by atoms with E-state index in [1.807, 2.05) is 0 Å². The van der Waals surface area contributed by atoms with E-state index in [1.165, 1.54) is 0 Å². The number of ether oxygens (including phenoxy) is 2. The minimum Gasteiger partial charge on any atom is -0.743 e. The number of hydrogen-bond donors (Lipinski definition) is 0. The summed E-state index contributed by atoms with van der Waals surface area (Å²) in [5.41, 5.74) is -2.69. The average molecular weight is 487 g/mol. The van der Waals surface area contributed by atoms with Crippen LogP contribution in [0, 0.1) is 22.7 Å². The Kier molecular flexibility index (Phi) is 5.94. The fourth-order valence-electron chi connectivity index (χ4n) is 5.64. The summed E-state index contributed by atoms with van der Waals surface area (Å²) in [5, 5.41) is -5.82. The number of rotatable bonds is 7. The molecule has 0 spiro atoms. The van der Waals surface area contributed by atoms with Gasteiger partial charge in [-0.1, -0.05) is 0 Å². The van der Waals surface area contributed by atoms with Crippen LogP contribution in [0.4, 0.5) is 17.6 Å².